The topological polar surface area (TPSA) is 99.9 Å². The van der Waals surface area contributed by atoms with E-state index in [1.807, 2.05) is 6.07 Å². The Labute approximate surface area is 200 Å². The minimum Gasteiger partial charge on any atom is -0.493 e. The Morgan fingerprint density at radius 3 is 2.50 bits per heavy atom. The van der Waals surface area contributed by atoms with Crippen molar-refractivity contribution in [2.24, 2.45) is 5.92 Å². The lowest BCUT2D eigenvalue weighted by Gasteiger charge is -2.13. The van der Waals surface area contributed by atoms with Crippen molar-refractivity contribution in [3.8, 4) is 17.2 Å². The van der Waals surface area contributed by atoms with Crippen LogP contribution in [0.1, 0.15) is 45.1 Å². The number of non-ortho nitro benzene ring substituents is 1. The number of nitrogens with zero attached hydrogens (tertiary/aromatic N) is 1. The Kier molecular flexibility index (Phi) is 10.6. The van der Waals surface area contributed by atoms with Gasteiger partial charge < -0.3 is 19.5 Å². The number of benzene rings is 2. The van der Waals surface area contributed by atoms with Gasteiger partial charge in [-0.15, -0.1) is 0 Å². The fraction of sp³-hybridized carbons (Fsp3) is 0.346. The fourth-order valence-electron chi connectivity index (χ4n) is 3.03. The summed E-state index contributed by atoms with van der Waals surface area (Å²) in [7, 11) is 1.48. The number of allylic oxidation sites excluding steroid dienone is 3. The Hall–Kier alpha value is -3.81. The van der Waals surface area contributed by atoms with Crippen LogP contribution in [0, 0.1) is 16.0 Å². The first-order valence-corrected chi connectivity index (χ1v) is 11.2. The molecule has 34 heavy (non-hydrogen) atoms. The van der Waals surface area contributed by atoms with Crippen molar-refractivity contribution in [3.63, 3.8) is 0 Å². The zero-order valence-electron chi connectivity index (χ0n) is 19.9. The van der Waals surface area contributed by atoms with Gasteiger partial charge in [0.15, 0.2) is 11.5 Å². The van der Waals surface area contributed by atoms with Gasteiger partial charge in [-0.1, -0.05) is 38.6 Å². The second-order valence-corrected chi connectivity index (χ2v) is 8.07. The number of nitro groups is 1. The molecular formula is C26H32N2O6. The van der Waals surface area contributed by atoms with Gasteiger partial charge in [-0.05, 0) is 61.4 Å². The molecule has 0 bridgehead atoms. The summed E-state index contributed by atoms with van der Waals surface area (Å²) in [6, 6.07) is 10.3. The smallest absolute Gasteiger partial charge is 0.493 e. The van der Waals surface area contributed by atoms with Gasteiger partial charge in [-0.25, -0.2) is 4.79 Å². The number of nitrogens with one attached hydrogen (secondary N) is 1. The molecule has 8 nitrogen and oxygen atoms in total. The maximum atomic E-state index is 12.1. The molecule has 2 rings (SSSR count). The van der Waals surface area contributed by atoms with Gasteiger partial charge >= 0.3 is 6.16 Å². The molecule has 0 fully saturated rings. The largest absolute Gasteiger partial charge is 0.519 e. The third-order valence-electron chi connectivity index (χ3n) is 4.83. The van der Waals surface area contributed by atoms with E-state index in [-0.39, 0.29) is 17.2 Å². The molecule has 0 unspecified atom stereocenters. The van der Waals surface area contributed by atoms with Crippen molar-refractivity contribution in [1.29, 1.82) is 0 Å². The van der Waals surface area contributed by atoms with E-state index < -0.39 is 11.1 Å². The highest BCUT2D eigenvalue weighted by molar-refractivity contribution is 5.68. The highest BCUT2D eigenvalue weighted by atomic mass is 16.7. The number of hydrogen-bond acceptors (Lipinski definition) is 7. The predicted molar refractivity (Wildman–Crippen MR) is 131 cm³/mol. The van der Waals surface area contributed by atoms with Crippen molar-refractivity contribution in [2.75, 3.05) is 7.11 Å². The Morgan fingerprint density at radius 2 is 1.85 bits per heavy atom. The molecule has 0 aromatic heterocycles. The van der Waals surface area contributed by atoms with E-state index in [0.717, 1.165) is 36.9 Å². The van der Waals surface area contributed by atoms with Crippen LogP contribution in [0.4, 0.5) is 10.5 Å². The molecule has 0 spiro atoms. The van der Waals surface area contributed by atoms with Gasteiger partial charge in [0, 0.05) is 24.4 Å². The number of nitro benzene ring substituents is 1. The van der Waals surface area contributed by atoms with E-state index in [4.69, 9.17) is 14.2 Å². The lowest BCUT2D eigenvalue weighted by Crippen LogP contribution is -2.15. The van der Waals surface area contributed by atoms with E-state index in [0.29, 0.717) is 18.2 Å². The molecule has 0 radical (unpaired) electrons. The van der Waals surface area contributed by atoms with Crippen molar-refractivity contribution < 1.29 is 23.9 Å². The zero-order chi connectivity index (χ0) is 24.9. The summed E-state index contributed by atoms with van der Waals surface area (Å²) in [5.41, 5.74) is 1.81. The summed E-state index contributed by atoms with van der Waals surface area (Å²) < 4.78 is 15.6. The SMILES string of the molecule is C=C(CCCC/C=C/C(C)C)NCc1ccc(OC(=O)Oc2ccc([N+](=O)[O-])cc2)c(OC)c1. The van der Waals surface area contributed by atoms with Crippen LogP contribution >= 0.6 is 0 Å². The molecule has 0 aliphatic heterocycles. The van der Waals surface area contributed by atoms with Crippen molar-refractivity contribution in [1.82, 2.24) is 5.32 Å². The molecule has 0 amide bonds. The van der Waals surface area contributed by atoms with Gasteiger partial charge in [-0.3, -0.25) is 10.1 Å². The van der Waals surface area contributed by atoms with Crippen LogP contribution in [0.15, 0.2) is 66.9 Å². The second kappa shape index (κ2) is 13.7. The molecule has 0 aliphatic carbocycles. The number of carbonyl (C=O) groups is 1. The summed E-state index contributed by atoms with van der Waals surface area (Å²) >= 11 is 0. The first kappa shape index (κ1) is 26.4. The van der Waals surface area contributed by atoms with Gasteiger partial charge in [0.05, 0.1) is 12.0 Å². The van der Waals surface area contributed by atoms with Crippen LogP contribution in [-0.4, -0.2) is 18.2 Å². The monoisotopic (exact) mass is 468 g/mol. The zero-order valence-corrected chi connectivity index (χ0v) is 19.9. The normalized spacial score (nSPS) is 10.8. The number of methoxy groups -OCH3 is 1. The number of rotatable bonds is 13. The lowest BCUT2D eigenvalue weighted by atomic mass is 10.1. The maximum Gasteiger partial charge on any atom is 0.519 e. The van der Waals surface area contributed by atoms with Crippen LogP contribution in [0.3, 0.4) is 0 Å². The number of unbranched alkanes of at least 4 members (excludes halogenated alkanes) is 2. The quantitative estimate of drug-likeness (QED) is 0.0887. The van der Waals surface area contributed by atoms with Crippen molar-refractivity contribution >= 4 is 11.8 Å². The summed E-state index contributed by atoms with van der Waals surface area (Å²) in [6.07, 6.45) is 7.66. The lowest BCUT2D eigenvalue weighted by molar-refractivity contribution is -0.384. The minimum atomic E-state index is -0.977. The van der Waals surface area contributed by atoms with Gasteiger partial charge in [0.2, 0.25) is 0 Å². The summed E-state index contributed by atoms with van der Waals surface area (Å²) in [5.74, 6) is 1.30. The molecule has 0 saturated carbocycles. The van der Waals surface area contributed by atoms with E-state index in [9.17, 15) is 14.9 Å². The standard InChI is InChI=1S/C26H32N2O6/c1-19(2)9-7-5-6-8-10-20(3)27-18-21-11-16-24(25(17-21)32-4)34-26(29)33-23-14-12-22(13-15-23)28(30)31/h7,9,11-17,19,27H,3,5-6,8,10,18H2,1-2,4H3/b9-7+. The highest BCUT2D eigenvalue weighted by Crippen LogP contribution is 2.29. The van der Waals surface area contributed by atoms with Gasteiger partial charge in [0.25, 0.3) is 5.69 Å². The summed E-state index contributed by atoms with van der Waals surface area (Å²) in [4.78, 5) is 22.3. The Balaban J connectivity index is 1.82. The third-order valence-corrected chi connectivity index (χ3v) is 4.83. The van der Waals surface area contributed by atoms with Crippen LogP contribution < -0.4 is 19.5 Å². The van der Waals surface area contributed by atoms with Crippen LogP contribution in [-0.2, 0) is 6.54 Å². The van der Waals surface area contributed by atoms with E-state index in [1.165, 1.54) is 31.4 Å². The van der Waals surface area contributed by atoms with E-state index in [1.54, 1.807) is 12.1 Å². The fourth-order valence-corrected chi connectivity index (χ4v) is 3.03. The summed E-state index contributed by atoms with van der Waals surface area (Å²) in [5, 5.41) is 14.0. The van der Waals surface area contributed by atoms with E-state index in [2.05, 4.69) is 37.9 Å². The highest BCUT2D eigenvalue weighted by Gasteiger charge is 2.14. The van der Waals surface area contributed by atoms with Crippen molar-refractivity contribution in [3.05, 3.63) is 82.6 Å². The molecular weight excluding hydrogens is 436 g/mol. The average molecular weight is 469 g/mol. The minimum absolute atomic E-state index is 0.104. The third kappa shape index (κ3) is 9.36. The number of hydrogen-bond donors (Lipinski definition) is 1. The predicted octanol–water partition coefficient (Wildman–Crippen LogP) is 6.56. The molecule has 2 aromatic carbocycles. The van der Waals surface area contributed by atoms with Crippen LogP contribution in [0.25, 0.3) is 0 Å². The Bertz CT molecular complexity index is 999. The molecule has 0 aliphatic rings. The molecule has 8 heteroatoms. The van der Waals surface area contributed by atoms with Crippen LogP contribution in [0.2, 0.25) is 0 Å². The van der Waals surface area contributed by atoms with E-state index >= 15 is 0 Å². The number of ether oxygens (including phenoxy) is 3. The van der Waals surface area contributed by atoms with Crippen LogP contribution in [0.5, 0.6) is 17.2 Å². The van der Waals surface area contributed by atoms with Gasteiger partial charge in [0.1, 0.15) is 5.75 Å². The van der Waals surface area contributed by atoms with Crippen molar-refractivity contribution in [2.45, 2.75) is 46.1 Å². The Morgan fingerprint density at radius 1 is 1.12 bits per heavy atom. The second-order valence-electron chi connectivity index (χ2n) is 8.07. The molecule has 182 valence electrons. The molecule has 1 N–H and O–H groups in total. The molecule has 0 atom stereocenters. The molecule has 0 heterocycles. The first-order valence-electron chi connectivity index (χ1n) is 11.2. The first-order chi connectivity index (χ1) is 16.3. The summed E-state index contributed by atoms with van der Waals surface area (Å²) in [6.45, 7) is 8.99. The molecule has 0 saturated heterocycles. The average Bonchev–Trinajstić information content (AvgIpc) is 2.80. The number of carbonyl (C=O) groups excluding carboxylic acids is 1. The maximum absolute atomic E-state index is 12.1. The van der Waals surface area contributed by atoms with Gasteiger partial charge in [-0.2, -0.15) is 0 Å². The molecule has 2 aromatic rings.